The summed E-state index contributed by atoms with van der Waals surface area (Å²) in [6.07, 6.45) is 4.79. The fourth-order valence-electron chi connectivity index (χ4n) is 2.45. The number of aliphatic hydroxyl groups is 1. The summed E-state index contributed by atoms with van der Waals surface area (Å²) in [6.45, 7) is 6.98. The van der Waals surface area contributed by atoms with Gasteiger partial charge in [0.15, 0.2) is 0 Å². The number of carbonyl (C=O) groups excluding carboxylic acids is 1. The Morgan fingerprint density at radius 1 is 1.59 bits per heavy atom. The van der Waals surface area contributed by atoms with E-state index >= 15 is 0 Å². The molecule has 3 nitrogen and oxygen atoms in total. The van der Waals surface area contributed by atoms with E-state index in [1.165, 1.54) is 5.57 Å². The smallest absolute Gasteiger partial charge is 0.306 e. The Morgan fingerprint density at radius 2 is 2.29 bits per heavy atom. The SMILES string of the molecule is CC(C)=CCC[C@H](C)[C@@H](CO)[C@H]1COC(=O)C1. The van der Waals surface area contributed by atoms with Crippen LogP contribution >= 0.6 is 0 Å². The van der Waals surface area contributed by atoms with Crippen LogP contribution in [0, 0.1) is 17.8 Å². The van der Waals surface area contributed by atoms with Gasteiger partial charge in [-0.15, -0.1) is 0 Å². The van der Waals surface area contributed by atoms with Crippen molar-refractivity contribution in [3.8, 4) is 0 Å². The van der Waals surface area contributed by atoms with E-state index in [1.54, 1.807) is 0 Å². The Morgan fingerprint density at radius 3 is 2.76 bits per heavy atom. The van der Waals surface area contributed by atoms with E-state index in [2.05, 4.69) is 26.8 Å². The normalized spacial score (nSPS) is 23.1. The molecule has 0 aromatic heterocycles. The van der Waals surface area contributed by atoms with Gasteiger partial charge in [-0.05, 0) is 38.5 Å². The zero-order valence-electron chi connectivity index (χ0n) is 11.1. The van der Waals surface area contributed by atoms with E-state index < -0.39 is 0 Å². The Kier molecular flexibility index (Phi) is 5.69. The van der Waals surface area contributed by atoms with E-state index in [9.17, 15) is 9.90 Å². The minimum absolute atomic E-state index is 0.120. The van der Waals surface area contributed by atoms with Crippen molar-refractivity contribution in [2.45, 2.75) is 40.0 Å². The molecule has 0 saturated carbocycles. The molecular formula is C14H24O3. The van der Waals surface area contributed by atoms with Crippen LogP contribution < -0.4 is 0 Å². The van der Waals surface area contributed by atoms with Crippen molar-refractivity contribution in [1.29, 1.82) is 0 Å². The van der Waals surface area contributed by atoms with E-state index in [0.29, 0.717) is 18.9 Å². The van der Waals surface area contributed by atoms with Gasteiger partial charge in [0.1, 0.15) is 0 Å². The quantitative estimate of drug-likeness (QED) is 0.573. The van der Waals surface area contributed by atoms with E-state index in [0.717, 1.165) is 12.8 Å². The van der Waals surface area contributed by atoms with E-state index in [1.807, 2.05) is 0 Å². The molecule has 0 aliphatic carbocycles. The maximum atomic E-state index is 11.1. The van der Waals surface area contributed by atoms with E-state index in [-0.39, 0.29) is 24.4 Å². The van der Waals surface area contributed by atoms with Gasteiger partial charge in [0.05, 0.1) is 13.0 Å². The summed E-state index contributed by atoms with van der Waals surface area (Å²) >= 11 is 0. The number of esters is 1. The molecule has 0 unspecified atom stereocenters. The average Bonchev–Trinajstić information content (AvgIpc) is 2.65. The summed E-state index contributed by atoms with van der Waals surface area (Å²) in [5.74, 6) is 0.696. The van der Waals surface area contributed by atoms with Crippen molar-refractivity contribution in [1.82, 2.24) is 0 Å². The van der Waals surface area contributed by atoms with Crippen molar-refractivity contribution in [3.05, 3.63) is 11.6 Å². The minimum Gasteiger partial charge on any atom is -0.465 e. The molecule has 1 N–H and O–H groups in total. The van der Waals surface area contributed by atoms with Crippen molar-refractivity contribution in [3.63, 3.8) is 0 Å². The third-order valence-corrected chi connectivity index (χ3v) is 3.61. The van der Waals surface area contributed by atoms with Gasteiger partial charge in [0.25, 0.3) is 0 Å². The lowest BCUT2D eigenvalue weighted by Crippen LogP contribution is -2.25. The van der Waals surface area contributed by atoms with Crippen LogP contribution in [-0.2, 0) is 9.53 Å². The molecule has 17 heavy (non-hydrogen) atoms. The maximum Gasteiger partial charge on any atom is 0.306 e. The molecule has 1 heterocycles. The summed E-state index contributed by atoms with van der Waals surface area (Å²) < 4.78 is 4.98. The third kappa shape index (κ3) is 4.50. The zero-order chi connectivity index (χ0) is 12.8. The molecule has 1 rings (SSSR count). The fraction of sp³-hybridized carbons (Fsp3) is 0.786. The molecule has 98 valence electrons. The molecule has 1 fully saturated rings. The van der Waals surface area contributed by atoms with Crippen LogP contribution in [0.4, 0.5) is 0 Å². The first-order chi connectivity index (χ1) is 8.04. The molecule has 3 atom stereocenters. The van der Waals surface area contributed by atoms with Crippen LogP contribution in [0.25, 0.3) is 0 Å². The third-order valence-electron chi connectivity index (χ3n) is 3.61. The van der Waals surface area contributed by atoms with Gasteiger partial charge in [-0.1, -0.05) is 18.6 Å². The average molecular weight is 240 g/mol. The van der Waals surface area contributed by atoms with Crippen molar-refractivity contribution < 1.29 is 14.6 Å². The number of ether oxygens (including phenoxy) is 1. The number of aliphatic hydroxyl groups excluding tert-OH is 1. The maximum absolute atomic E-state index is 11.1. The number of allylic oxidation sites excluding steroid dienone is 2. The first kappa shape index (κ1) is 14.2. The Hall–Kier alpha value is -0.830. The van der Waals surface area contributed by atoms with Crippen molar-refractivity contribution in [2.75, 3.05) is 13.2 Å². The molecule has 0 amide bonds. The number of cyclic esters (lactones) is 1. The van der Waals surface area contributed by atoms with Gasteiger partial charge < -0.3 is 9.84 Å². The Labute approximate surface area is 104 Å². The van der Waals surface area contributed by atoms with Crippen LogP contribution in [0.5, 0.6) is 0 Å². The molecule has 1 aliphatic heterocycles. The standard InChI is InChI=1S/C14H24O3/c1-10(2)5-4-6-11(3)13(8-15)12-7-14(16)17-9-12/h5,11-13,15H,4,6-9H2,1-3H3/t11-,12+,13+/m0/s1. The second kappa shape index (κ2) is 6.80. The van der Waals surface area contributed by atoms with Crippen LogP contribution in [0.3, 0.4) is 0 Å². The van der Waals surface area contributed by atoms with Crippen molar-refractivity contribution >= 4 is 5.97 Å². The molecular weight excluding hydrogens is 216 g/mol. The number of rotatable bonds is 6. The number of hydrogen-bond acceptors (Lipinski definition) is 3. The van der Waals surface area contributed by atoms with Crippen LogP contribution in [-0.4, -0.2) is 24.3 Å². The number of hydrogen-bond donors (Lipinski definition) is 1. The summed E-state index contributed by atoms with van der Waals surface area (Å²) in [6, 6.07) is 0. The highest BCUT2D eigenvalue weighted by Gasteiger charge is 2.33. The lowest BCUT2D eigenvalue weighted by atomic mass is 9.80. The van der Waals surface area contributed by atoms with Gasteiger partial charge in [-0.25, -0.2) is 0 Å². The molecule has 0 aromatic carbocycles. The summed E-state index contributed by atoms with van der Waals surface area (Å²) in [7, 11) is 0. The van der Waals surface area contributed by atoms with Gasteiger partial charge >= 0.3 is 5.97 Å². The van der Waals surface area contributed by atoms with Gasteiger partial charge in [0, 0.05) is 12.5 Å². The summed E-state index contributed by atoms with van der Waals surface area (Å²) in [4.78, 5) is 11.1. The molecule has 3 heteroatoms. The Bertz CT molecular complexity index is 279. The predicted molar refractivity (Wildman–Crippen MR) is 67.5 cm³/mol. The lowest BCUT2D eigenvalue weighted by molar-refractivity contribution is -0.137. The largest absolute Gasteiger partial charge is 0.465 e. The monoisotopic (exact) mass is 240 g/mol. The molecule has 1 saturated heterocycles. The minimum atomic E-state index is -0.120. The van der Waals surface area contributed by atoms with Gasteiger partial charge in [0.2, 0.25) is 0 Å². The van der Waals surface area contributed by atoms with E-state index in [4.69, 9.17) is 4.74 Å². The first-order valence-corrected chi connectivity index (χ1v) is 6.44. The molecule has 0 spiro atoms. The molecule has 0 bridgehead atoms. The summed E-state index contributed by atoms with van der Waals surface area (Å²) in [5, 5.41) is 9.47. The predicted octanol–water partition coefficient (Wildman–Crippen LogP) is 2.54. The van der Waals surface area contributed by atoms with Crippen LogP contribution in [0.2, 0.25) is 0 Å². The zero-order valence-corrected chi connectivity index (χ0v) is 11.1. The highest BCUT2D eigenvalue weighted by molar-refractivity contribution is 5.71. The molecule has 1 aliphatic rings. The van der Waals surface area contributed by atoms with Crippen LogP contribution in [0.1, 0.15) is 40.0 Å². The second-order valence-corrected chi connectivity index (χ2v) is 5.33. The number of carbonyl (C=O) groups is 1. The first-order valence-electron chi connectivity index (χ1n) is 6.44. The van der Waals surface area contributed by atoms with Gasteiger partial charge in [-0.2, -0.15) is 0 Å². The highest BCUT2D eigenvalue weighted by Crippen LogP contribution is 2.30. The molecule has 0 aromatic rings. The topological polar surface area (TPSA) is 46.5 Å². The fourth-order valence-corrected chi connectivity index (χ4v) is 2.45. The lowest BCUT2D eigenvalue weighted by Gasteiger charge is -2.25. The van der Waals surface area contributed by atoms with Crippen LogP contribution in [0.15, 0.2) is 11.6 Å². The Balaban J connectivity index is 2.43. The molecule has 0 radical (unpaired) electrons. The van der Waals surface area contributed by atoms with Gasteiger partial charge in [-0.3, -0.25) is 4.79 Å². The summed E-state index contributed by atoms with van der Waals surface area (Å²) in [5.41, 5.74) is 1.33. The highest BCUT2D eigenvalue weighted by atomic mass is 16.5. The second-order valence-electron chi connectivity index (χ2n) is 5.33. The van der Waals surface area contributed by atoms with Crippen molar-refractivity contribution in [2.24, 2.45) is 17.8 Å².